The fourth-order valence-corrected chi connectivity index (χ4v) is 22.9. The molecule has 6 aromatic heterocycles. The van der Waals surface area contributed by atoms with Crippen LogP contribution in [0.1, 0.15) is 0 Å². The van der Waals surface area contributed by atoms with Crippen LogP contribution in [0.25, 0.3) is 263 Å². The first kappa shape index (κ1) is 78.3. The Balaban J connectivity index is 0.000000102. The predicted octanol–water partition coefficient (Wildman–Crippen LogP) is 35.6. The molecule has 0 N–H and O–H groups in total. The van der Waals surface area contributed by atoms with Crippen molar-refractivity contribution in [3.63, 3.8) is 0 Å². The number of para-hydroxylation sites is 9. The Bertz CT molecular complexity index is 10200. The minimum Gasteiger partial charge on any atom is -0.309 e. The van der Waals surface area contributed by atoms with Gasteiger partial charge in [-0.2, -0.15) is 0 Å². The molecule has 0 atom stereocenters. The van der Waals surface area contributed by atoms with Gasteiger partial charge in [0.25, 0.3) is 0 Å². The first-order chi connectivity index (χ1) is 68.5. The second-order valence-electron chi connectivity index (χ2n) is 36.5. The Hall–Kier alpha value is -18.4. The maximum absolute atomic E-state index is 2.45. The Kier molecular flexibility index (Phi) is 18.0. The zero-order chi connectivity index (χ0) is 90.6. The van der Waals surface area contributed by atoms with Crippen LogP contribution in [0, 0.1) is 0 Å². The van der Waals surface area contributed by atoms with Crippen LogP contribution in [0.15, 0.2) is 510 Å². The standard InChI is InChI=1S/3C44H28N2/c1-2-13-33(14-3-1)45-40-18-8-6-16-36(40)38-28-31(22-25-42(38)45)30-21-24-35-32(27-30)23-26-43-44(35)37-17-7-9-19-41(37)46(43)39-20-10-12-29-11-4-5-15-34(29)39;1-2-13-33(14-3-1)45-40-18-8-6-16-35(40)38-28-32(24-25-42(38)45)31-22-21-30-23-26-43-44(37(30)27-31)36-17-7-9-19-41(36)46(43)39-20-10-12-29-11-4-5-15-34(29)39;1-2-13-33(14-3-1)45-40-18-8-6-16-35(40)36-25-23-32(28-43(36)45)31-22-21-30-24-26-42-44(38(30)27-31)37-17-7-9-19-41(37)46(42)39-20-10-12-29-11-4-5-15-34(29)39/h3*1-28H. The summed E-state index contributed by atoms with van der Waals surface area (Å²) < 4.78 is 14.5. The fraction of sp³-hybridized carbons (Fsp3) is 0. The van der Waals surface area contributed by atoms with E-state index in [2.05, 4.69) is 537 Å². The molecule has 0 bridgehead atoms. The summed E-state index contributed by atoms with van der Waals surface area (Å²) in [6, 6.07) is 186. The molecule has 0 amide bonds. The Labute approximate surface area is 794 Å². The van der Waals surface area contributed by atoms with Crippen LogP contribution >= 0.6 is 0 Å². The summed E-state index contributed by atoms with van der Waals surface area (Å²) >= 11 is 0. The van der Waals surface area contributed by atoms with Gasteiger partial charge in [-0.1, -0.05) is 352 Å². The lowest BCUT2D eigenvalue weighted by Crippen LogP contribution is -1.95. The van der Waals surface area contributed by atoms with E-state index in [9.17, 15) is 0 Å². The summed E-state index contributed by atoms with van der Waals surface area (Å²) in [7, 11) is 0. The molecule has 0 aliphatic rings. The normalized spacial score (nSPS) is 11.9. The molecule has 0 radical (unpaired) electrons. The lowest BCUT2D eigenvalue weighted by molar-refractivity contribution is 1.18. The highest BCUT2D eigenvalue weighted by Gasteiger charge is 2.25. The molecule has 0 saturated heterocycles. The second-order valence-corrected chi connectivity index (χ2v) is 36.5. The first-order valence-electron chi connectivity index (χ1n) is 47.6. The molecule has 6 nitrogen and oxygen atoms in total. The van der Waals surface area contributed by atoms with Gasteiger partial charge in [0.05, 0.1) is 83.3 Å². The number of hydrogen-bond donors (Lipinski definition) is 0. The van der Waals surface area contributed by atoms with Crippen LogP contribution < -0.4 is 0 Å². The zero-order valence-corrected chi connectivity index (χ0v) is 75.2. The Morgan fingerprint density at radius 3 is 0.725 bits per heavy atom. The van der Waals surface area contributed by atoms with Gasteiger partial charge in [-0.25, -0.2) is 0 Å². The number of benzene rings is 24. The van der Waals surface area contributed by atoms with Crippen molar-refractivity contribution in [2.75, 3.05) is 0 Å². The average Bonchev–Trinajstić information content (AvgIpc) is 1.57. The first-order valence-corrected chi connectivity index (χ1v) is 47.6. The molecule has 0 aliphatic carbocycles. The van der Waals surface area contributed by atoms with Gasteiger partial charge in [0.15, 0.2) is 0 Å². The van der Waals surface area contributed by atoms with Gasteiger partial charge in [-0.15, -0.1) is 0 Å². The van der Waals surface area contributed by atoms with E-state index in [4.69, 9.17) is 0 Å². The number of aromatic nitrogens is 6. The number of hydrogen-bond acceptors (Lipinski definition) is 0. The van der Waals surface area contributed by atoms with Crippen molar-refractivity contribution in [1.29, 1.82) is 0 Å². The molecule has 0 spiro atoms. The minimum atomic E-state index is 1.17. The largest absolute Gasteiger partial charge is 0.309 e. The molecular weight excluding hydrogens is 1670 g/mol. The van der Waals surface area contributed by atoms with Crippen molar-refractivity contribution >= 4 is 195 Å². The maximum atomic E-state index is 2.45. The van der Waals surface area contributed by atoms with Crippen LogP contribution in [0.3, 0.4) is 0 Å². The van der Waals surface area contributed by atoms with E-state index < -0.39 is 0 Å². The van der Waals surface area contributed by atoms with Crippen LogP contribution in [0.4, 0.5) is 0 Å². The smallest absolute Gasteiger partial charge is 0.0547 e. The molecule has 0 unspecified atom stereocenters. The summed E-state index contributed by atoms with van der Waals surface area (Å²) in [6.45, 7) is 0. The summed E-state index contributed by atoms with van der Waals surface area (Å²) in [4.78, 5) is 0. The molecule has 138 heavy (non-hydrogen) atoms. The SMILES string of the molecule is c1ccc(-n2c3ccccc3c3cc(-c4ccc5c(ccc6c5c5ccccc5n6-c5cccc6ccccc56)c4)ccc32)cc1.c1ccc(-n2c3ccccc3c3cc(-c4ccc5ccc6c(c5c4)c4ccccc4n6-c4cccc5ccccc45)ccc32)cc1.c1ccc(-n2c3ccccc3c3ccc(-c4ccc5ccc6c(c5c4)c4ccccc4n6-c4cccc5ccccc45)cc32)cc1. The fourth-order valence-electron chi connectivity index (χ4n) is 22.9. The lowest BCUT2D eigenvalue weighted by atomic mass is 9.97. The summed E-state index contributed by atoms with van der Waals surface area (Å²) in [5.74, 6) is 0. The Morgan fingerprint density at radius 1 is 0.101 bits per heavy atom. The van der Waals surface area contributed by atoms with Crippen molar-refractivity contribution in [1.82, 2.24) is 27.4 Å². The predicted molar refractivity (Wildman–Crippen MR) is 587 cm³/mol. The quantitative estimate of drug-likeness (QED) is 0.138. The van der Waals surface area contributed by atoms with Gasteiger partial charge in [0.2, 0.25) is 0 Å². The number of rotatable bonds is 9. The van der Waals surface area contributed by atoms with E-state index in [1.54, 1.807) is 0 Å². The molecule has 0 saturated carbocycles. The van der Waals surface area contributed by atoms with E-state index >= 15 is 0 Å². The summed E-state index contributed by atoms with van der Waals surface area (Å²) in [5.41, 5.74) is 29.2. The zero-order valence-electron chi connectivity index (χ0n) is 75.2. The highest BCUT2D eigenvalue weighted by atomic mass is 15.0. The van der Waals surface area contributed by atoms with Crippen molar-refractivity contribution in [2.45, 2.75) is 0 Å². The molecule has 6 heterocycles. The van der Waals surface area contributed by atoms with Gasteiger partial charge >= 0.3 is 0 Å². The van der Waals surface area contributed by atoms with Crippen LogP contribution in [0.5, 0.6) is 0 Å². The third kappa shape index (κ3) is 12.4. The average molecular weight is 1750 g/mol. The minimum absolute atomic E-state index is 1.17. The van der Waals surface area contributed by atoms with Gasteiger partial charge < -0.3 is 27.4 Å². The van der Waals surface area contributed by atoms with E-state index in [-0.39, 0.29) is 0 Å². The molecule has 0 fully saturated rings. The van der Waals surface area contributed by atoms with Crippen molar-refractivity contribution < 1.29 is 0 Å². The molecule has 6 heteroatoms. The van der Waals surface area contributed by atoms with Crippen molar-refractivity contribution in [3.8, 4) is 67.5 Å². The number of fused-ring (bicyclic) bond motifs is 27. The molecular formula is C132H84N6. The van der Waals surface area contributed by atoms with E-state index in [1.807, 2.05) is 0 Å². The Morgan fingerprint density at radius 2 is 0.333 bits per heavy atom. The van der Waals surface area contributed by atoms with E-state index in [0.717, 1.165) is 0 Å². The monoisotopic (exact) mass is 1750 g/mol. The van der Waals surface area contributed by atoms with Gasteiger partial charge in [-0.05, 0) is 240 Å². The van der Waals surface area contributed by atoms with Crippen molar-refractivity contribution in [3.05, 3.63) is 510 Å². The topological polar surface area (TPSA) is 29.6 Å². The third-order valence-electron chi connectivity index (χ3n) is 29.0. The summed E-state index contributed by atoms with van der Waals surface area (Å²) in [5, 5.41) is 30.4. The van der Waals surface area contributed by atoms with Crippen LogP contribution in [-0.4, -0.2) is 27.4 Å². The molecule has 642 valence electrons. The van der Waals surface area contributed by atoms with Gasteiger partial charge in [-0.3, -0.25) is 0 Å². The van der Waals surface area contributed by atoms with Crippen LogP contribution in [-0.2, 0) is 0 Å². The lowest BCUT2D eigenvalue weighted by Gasteiger charge is -2.12. The highest BCUT2D eigenvalue weighted by molar-refractivity contribution is 6.26. The molecule has 24 aromatic carbocycles. The number of nitrogens with zero attached hydrogens (tertiary/aromatic N) is 6. The van der Waals surface area contributed by atoms with Gasteiger partial charge in [0, 0.05) is 97.9 Å². The summed E-state index contributed by atoms with van der Waals surface area (Å²) in [6.07, 6.45) is 0. The third-order valence-corrected chi connectivity index (χ3v) is 29.0. The highest BCUT2D eigenvalue weighted by Crippen LogP contribution is 2.48. The molecule has 30 rings (SSSR count). The van der Waals surface area contributed by atoms with Crippen molar-refractivity contribution in [2.24, 2.45) is 0 Å². The van der Waals surface area contributed by atoms with Gasteiger partial charge in [0.1, 0.15) is 0 Å². The second kappa shape index (κ2) is 31.7. The maximum Gasteiger partial charge on any atom is 0.0547 e. The molecule has 30 aromatic rings. The van der Waals surface area contributed by atoms with E-state index in [1.165, 1.54) is 263 Å². The molecule has 0 aliphatic heterocycles. The van der Waals surface area contributed by atoms with E-state index in [0.29, 0.717) is 0 Å². The van der Waals surface area contributed by atoms with Crippen LogP contribution in [0.2, 0.25) is 0 Å².